The minimum atomic E-state index is -0.0486. The van der Waals surface area contributed by atoms with Gasteiger partial charge in [0.2, 0.25) is 0 Å². The molecule has 190 valence electrons. The van der Waals surface area contributed by atoms with Gasteiger partial charge in [0.1, 0.15) is 5.65 Å². The van der Waals surface area contributed by atoms with Crippen LogP contribution in [0.3, 0.4) is 0 Å². The first-order valence-corrected chi connectivity index (χ1v) is 13.8. The van der Waals surface area contributed by atoms with E-state index in [4.69, 9.17) is 4.98 Å². The van der Waals surface area contributed by atoms with Gasteiger partial charge in [-0.1, -0.05) is 60.7 Å². The van der Waals surface area contributed by atoms with Crippen LogP contribution in [0.5, 0.6) is 0 Å². The number of hydrogen-bond acceptors (Lipinski definition) is 3. The Labute approximate surface area is 232 Å². The van der Waals surface area contributed by atoms with Gasteiger partial charge in [0.25, 0.3) is 11.5 Å². The molecule has 3 heterocycles. The Balaban J connectivity index is 1.35. The molecule has 1 aliphatic rings. The van der Waals surface area contributed by atoms with Crippen LogP contribution >= 0.6 is 0 Å². The summed E-state index contributed by atoms with van der Waals surface area (Å²) in [6.45, 7) is 0.529. The Kier molecular flexibility index (Phi) is 3.71. The molecule has 0 unspecified atom stereocenters. The van der Waals surface area contributed by atoms with Gasteiger partial charge < -0.3 is 4.90 Å². The largest absolute Gasteiger partial charge is 0.304 e. The molecule has 5 heteroatoms. The van der Waals surface area contributed by atoms with Gasteiger partial charge in [0.15, 0.2) is 0 Å². The number of amides is 1. The highest BCUT2D eigenvalue weighted by Gasteiger charge is 2.29. The zero-order valence-corrected chi connectivity index (χ0v) is 21.7. The van der Waals surface area contributed by atoms with Crippen LogP contribution in [0.4, 0.5) is 5.69 Å². The van der Waals surface area contributed by atoms with Crippen LogP contribution in [0.15, 0.2) is 108 Å². The van der Waals surface area contributed by atoms with Crippen LogP contribution in [0.2, 0.25) is 0 Å². The molecule has 0 radical (unpaired) electrons. The van der Waals surface area contributed by atoms with Crippen LogP contribution in [0.1, 0.15) is 15.9 Å². The first-order chi connectivity index (χ1) is 20.2. The van der Waals surface area contributed by atoms with Gasteiger partial charge in [-0.15, -0.1) is 0 Å². The number of benzene rings is 7. The summed E-state index contributed by atoms with van der Waals surface area (Å²) in [6, 6.07) is 34.4. The lowest BCUT2D eigenvalue weighted by molar-refractivity contribution is 0.0984. The number of nitrogens with zero attached hydrogens (tertiary/aromatic N) is 3. The van der Waals surface area contributed by atoms with Crippen LogP contribution in [0.25, 0.3) is 70.5 Å². The lowest BCUT2D eigenvalue weighted by Crippen LogP contribution is -2.33. The van der Waals surface area contributed by atoms with Crippen molar-refractivity contribution >= 4 is 82.1 Å². The molecule has 0 spiro atoms. The Morgan fingerprint density at radius 2 is 1.17 bits per heavy atom. The molecule has 41 heavy (non-hydrogen) atoms. The summed E-state index contributed by atoms with van der Waals surface area (Å²) >= 11 is 0. The summed E-state index contributed by atoms with van der Waals surface area (Å²) in [6.07, 6.45) is 0. The average Bonchev–Trinajstić information content (AvgIpc) is 3.42. The van der Waals surface area contributed by atoms with Crippen molar-refractivity contribution in [3.63, 3.8) is 0 Å². The molecule has 2 aromatic heterocycles. The van der Waals surface area contributed by atoms with Crippen molar-refractivity contribution < 1.29 is 4.79 Å². The summed E-state index contributed by atoms with van der Waals surface area (Å²) in [7, 11) is 0. The molecule has 0 fully saturated rings. The minimum Gasteiger partial charge on any atom is -0.304 e. The molecule has 1 aliphatic heterocycles. The lowest BCUT2D eigenvalue weighted by Gasteiger charge is -2.30. The number of carbonyl (C=O) groups is 1. The number of fused-ring (bicyclic) bond motifs is 6. The second-order valence-electron chi connectivity index (χ2n) is 11.0. The highest BCUT2D eigenvalue weighted by Crippen LogP contribution is 2.46. The van der Waals surface area contributed by atoms with Gasteiger partial charge in [0, 0.05) is 32.8 Å². The van der Waals surface area contributed by atoms with Crippen molar-refractivity contribution in [2.45, 2.75) is 6.54 Å². The number of imidazole rings is 1. The first kappa shape index (κ1) is 21.3. The van der Waals surface area contributed by atoms with Crippen molar-refractivity contribution in [2.75, 3.05) is 4.90 Å². The predicted octanol–water partition coefficient (Wildman–Crippen LogP) is 7.65. The standard InChI is InChI=1S/C36H19N3O2/c40-35-26-16-13-22-23-12-15-25-33-27(36(41)39-29-9-5-4-8-28(29)37-34(25)39)17-14-24(32(23)33)21-11-10-19(30(26)31(21)22)18-38(35)20-6-2-1-3-7-20/h1-17H,18H2. The SMILES string of the molecule is O=C1c2ccc3c4ccc5c6c(ccc(c7ccc(c2c73)CN1c1ccccc1)c46)c(=O)n1c2ccccc2nc51. The summed E-state index contributed by atoms with van der Waals surface area (Å²) in [4.78, 5) is 34.5. The van der Waals surface area contributed by atoms with Crippen LogP contribution in [0, 0.1) is 0 Å². The monoisotopic (exact) mass is 525 g/mol. The number of hydrogen-bond donors (Lipinski definition) is 0. The van der Waals surface area contributed by atoms with Crippen LogP contribution < -0.4 is 10.5 Å². The minimum absolute atomic E-state index is 0.0212. The highest BCUT2D eigenvalue weighted by molar-refractivity contribution is 6.39. The second-order valence-corrected chi connectivity index (χ2v) is 11.0. The molecule has 0 N–H and O–H groups in total. The van der Waals surface area contributed by atoms with E-state index < -0.39 is 0 Å². The predicted molar refractivity (Wildman–Crippen MR) is 166 cm³/mol. The van der Waals surface area contributed by atoms with Crippen LogP contribution in [-0.2, 0) is 6.54 Å². The molecule has 7 aromatic carbocycles. The van der Waals surface area contributed by atoms with Gasteiger partial charge in [-0.3, -0.25) is 14.0 Å². The third kappa shape index (κ3) is 2.46. The fourth-order valence-electron chi connectivity index (χ4n) is 7.37. The topological polar surface area (TPSA) is 54.7 Å². The van der Waals surface area contributed by atoms with Gasteiger partial charge in [-0.2, -0.15) is 0 Å². The summed E-state index contributed by atoms with van der Waals surface area (Å²) in [5, 5.41) is 10.2. The highest BCUT2D eigenvalue weighted by atomic mass is 16.2. The molecule has 0 saturated carbocycles. The third-order valence-corrected chi connectivity index (χ3v) is 9.10. The fraction of sp³-hybridized carbons (Fsp3) is 0.0278. The van der Waals surface area contributed by atoms with E-state index in [1.165, 1.54) is 0 Å². The summed E-state index contributed by atoms with van der Waals surface area (Å²) in [5.74, 6) is 0.0212. The number of carbonyl (C=O) groups excluding carboxylic acids is 1. The Bertz CT molecular complexity index is 2630. The number of para-hydroxylation sites is 3. The van der Waals surface area contributed by atoms with E-state index >= 15 is 0 Å². The van der Waals surface area contributed by atoms with Crippen molar-refractivity contribution in [1.82, 2.24) is 9.38 Å². The van der Waals surface area contributed by atoms with E-state index in [1.54, 1.807) is 4.40 Å². The van der Waals surface area contributed by atoms with E-state index in [-0.39, 0.29) is 11.5 Å². The molecular formula is C36H19N3O2. The van der Waals surface area contributed by atoms with Crippen molar-refractivity contribution in [3.8, 4) is 0 Å². The molecule has 0 saturated heterocycles. The molecule has 5 nitrogen and oxygen atoms in total. The Morgan fingerprint density at radius 3 is 1.98 bits per heavy atom. The smallest absolute Gasteiger partial charge is 0.264 e. The van der Waals surface area contributed by atoms with Gasteiger partial charge in [-0.05, 0) is 80.3 Å². The molecule has 0 atom stereocenters. The summed E-state index contributed by atoms with van der Waals surface area (Å²) < 4.78 is 1.75. The second kappa shape index (κ2) is 7.14. The van der Waals surface area contributed by atoms with Crippen LogP contribution in [-0.4, -0.2) is 15.3 Å². The van der Waals surface area contributed by atoms with E-state index in [2.05, 4.69) is 36.4 Å². The van der Waals surface area contributed by atoms with Crippen molar-refractivity contribution in [1.29, 1.82) is 0 Å². The molecule has 1 amide bonds. The molecule has 9 aromatic rings. The molecular weight excluding hydrogens is 506 g/mol. The Morgan fingerprint density at radius 1 is 0.561 bits per heavy atom. The van der Waals surface area contributed by atoms with E-state index in [1.807, 2.05) is 71.6 Å². The zero-order valence-electron chi connectivity index (χ0n) is 21.7. The third-order valence-electron chi connectivity index (χ3n) is 9.10. The number of aromatic nitrogens is 2. The van der Waals surface area contributed by atoms with E-state index in [0.29, 0.717) is 17.6 Å². The number of anilines is 1. The molecule has 0 bridgehead atoms. The van der Waals surface area contributed by atoms with Gasteiger partial charge in [-0.25, -0.2) is 4.98 Å². The van der Waals surface area contributed by atoms with E-state index in [9.17, 15) is 9.59 Å². The lowest BCUT2D eigenvalue weighted by atomic mass is 9.84. The summed E-state index contributed by atoms with van der Waals surface area (Å²) in [5.41, 5.74) is 5.05. The quantitative estimate of drug-likeness (QED) is 0.163. The maximum Gasteiger partial charge on any atom is 0.264 e. The normalized spacial score (nSPS) is 13.9. The van der Waals surface area contributed by atoms with Gasteiger partial charge >= 0.3 is 0 Å². The van der Waals surface area contributed by atoms with Crippen molar-refractivity contribution in [2.24, 2.45) is 0 Å². The fourth-order valence-corrected chi connectivity index (χ4v) is 7.37. The molecule has 0 aliphatic carbocycles. The molecule has 10 rings (SSSR count). The maximum atomic E-state index is 13.9. The zero-order chi connectivity index (χ0) is 27.0. The number of rotatable bonds is 1. The average molecular weight is 526 g/mol. The van der Waals surface area contributed by atoms with E-state index in [0.717, 1.165) is 76.3 Å². The first-order valence-electron chi connectivity index (χ1n) is 13.8. The van der Waals surface area contributed by atoms with Gasteiger partial charge in [0.05, 0.1) is 17.6 Å². The Hall–Kier alpha value is -5.55. The number of pyridine rings is 1. The van der Waals surface area contributed by atoms with Crippen molar-refractivity contribution in [3.05, 3.63) is 125 Å². The maximum absolute atomic E-state index is 13.9.